The first-order valence-electron chi connectivity index (χ1n) is 5.22. The average Bonchev–Trinajstić information content (AvgIpc) is 2.29. The van der Waals surface area contributed by atoms with E-state index in [4.69, 9.17) is 11.5 Å². The molecule has 0 aliphatic rings. The number of primary amides is 2. The number of hydrogen-bond donors (Lipinski definition) is 6. The van der Waals surface area contributed by atoms with Crippen LogP contribution in [0.25, 0.3) is 0 Å². The van der Waals surface area contributed by atoms with Crippen LogP contribution in [0.3, 0.4) is 0 Å². The van der Waals surface area contributed by atoms with Crippen LogP contribution >= 0.6 is 0 Å². The van der Waals surface area contributed by atoms with Crippen LogP contribution in [0.5, 0.6) is 0 Å². The molecule has 0 unspecified atom stereocenters. The molecule has 0 aliphatic carbocycles. The molecule has 1 aromatic carbocycles. The van der Waals surface area contributed by atoms with Gasteiger partial charge in [-0.05, 0) is 12.1 Å². The van der Waals surface area contributed by atoms with Gasteiger partial charge < -0.3 is 22.1 Å². The molecule has 0 saturated carbocycles. The van der Waals surface area contributed by atoms with Crippen molar-refractivity contribution in [2.75, 3.05) is 10.6 Å². The predicted octanol–water partition coefficient (Wildman–Crippen LogP) is 0.0870. The number of nitrogens with two attached hydrogens (primary N) is 2. The molecule has 0 atom stereocenters. The number of rotatable bonds is 2. The Bertz CT molecular complexity index is 509. The van der Waals surface area contributed by atoms with E-state index in [9.17, 15) is 19.2 Å². The fourth-order valence-corrected chi connectivity index (χ4v) is 1.23. The van der Waals surface area contributed by atoms with Gasteiger partial charge >= 0.3 is 24.1 Å². The molecule has 0 aliphatic heterocycles. The molecule has 0 spiro atoms. The quantitative estimate of drug-likeness (QED) is 0.451. The Hall–Kier alpha value is -3.30. The number of para-hydroxylation sites is 2. The Kier molecular flexibility index (Phi) is 4.86. The Morgan fingerprint density at radius 1 is 0.750 bits per heavy atom. The summed E-state index contributed by atoms with van der Waals surface area (Å²) in [7, 11) is 0. The summed E-state index contributed by atoms with van der Waals surface area (Å²) in [6.07, 6.45) is 0. The molecule has 10 nitrogen and oxygen atoms in total. The molecule has 0 fully saturated rings. The first-order chi connectivity index (χ1) is 9.38. The lowest BCUT2D eigenvalue weighted by atomic mass is 10.2. The normalized spacial score (nSPS) is 9.20. The highest BCUT2D eigenvalue weighted by Crippen LogP contribution is 2.20. The van der Waals surface area contributed by atoms with Gasteiger partial charge in [-0.1, -0.05) is 12.1 Å². The van der Waals surface area contributed by atoms with E-state index in [1.807, 2.05) is 0 Å². The fourth-order valence-electron chi connectivity index (χ4n) is 1.23. The first kappa shape index (κ1) is 14.8. The summed E-state index contributed by atoms with van der Waals surface area (Å²) < 4.78 is 0. The maximum atomic E-state index is 11.3. The van der Waals surface area contributed by atoms with E-state index in [1.54, 1.807) is 22.8 Å². The lowest BCUT2D eigenvalue weighted by molar-refractivity contribution is 0.236. The van der Waals surface area contributed by atoms with E-state index in [1.165, 1.54) is 12.1 Å². The van der Waals surface area contributed by atoms with Crippen molar-refractivity contribution >= 4 is 35.5 Å². The van der Waals surface area contributed by atoms with Gasteiger partial charge in [-0.3, -0.25) is 10.6 Å². The van der Waals surface area contributed by atoms with E-state index in [0.29, 0.717) is 0 Å². The average molecular weight is 280 g/mol. The second kappa shape index (κ2) is 6.58. The van der Waals surface area contributed by atoms with Crippen molar-refractivity contribution in [3.05, 3.63) is 24.3 Å². The monoisotopic (exact) mass is 280 g/mol. The molecular formula is C10H12N6O4. The van der Waals surface area contributed by atoms with E-state index >= 15 is 0 Å². The van der Waals surface area contributed by atoms with E-state index in [0.717, 1.165) is 0 Å². The minimum atomic E-state index is -1.03. The number of urea groups is 4. The van der Waals surface area contributed by atoms with Crippen LogP contribution in [0.1, 0.15) is 0 Å². The SMILES string of the molecule is NC(=O)NC(=O)Nc1ccccc1NC(=O)NC(N)=O. The summed E-state index contributed by atoms with van der Waals surface area (Å²) in [5, 5.41) is 8.16. The van der Waals surface area contributed by atoms with Gasteiger partial charge in [0.2, 0.25) is 0 Å². The van der Waals surface area contributed by atoms with E-state index in [2.05, 4.69) is 10.6 Å². The molecule has 20 heavy (non-hydrogen) atoms. The predicted molar refractivity (Wildman–Crippen MR) is 69.9 cm³/mol. The summed E-state index contributed by atoms with van der Waals surface area (Å²) in [5.41, 5.74) is 9.93. The van der Waals surface area contributed by atoms with E-state index in [-0.39, 0.29) is 11.4 Å². The number of benzene rings is 1. The van der Waals surface area contributed by atoms with Crippen LogP contribution in [-0.4, -0.2) is 24.1 Å². The summed E-state index contributed by atoms with van der Waals surface area (Å²) in [4.78, 5) is 43.6. The van der Waals surface area contributed by atoms with Crippen LogP contribution in [0.4, 0.5) is 30.6 Å². The number of nitrogens with one attached hydrogen (secondary N) is 4. The Morgan fingerprint density at radius 3 is 1.40 bits per heavy atom. The highest BCUT2D eigenvalue weighted by molar-refractivity contribution is 6.05. The molecule has 1 rings (SSSR count). The van der Waals surface area contributed by atoms with Crippen molar-refractivity contribution in [2.24, 2.45) is 11.5 Å². The zero-order chi connectivity index (χ0) is 15.1. The molecule has 0 heterocycles. The standard InChI is InChI=1S/C10H12N6O4/c11-7(17)15-9(19)13-5-3-1-2-4-6(5)14-10(20)16-8(12)18/h1-4H,(H4,11,13,15,17,19)(H4,12,14,16,18,20). The molecule has 0 bridgehead atoms. The van der Waals surface area contributed by atoms with Crippen molar-refractivity contribution < 1.29 is 19.2 Å². The summed E-state index contributed by atoms with van der Waals surface area (Å²) >= 11 is 0. The topological polar surface area (TPSA) is 168 Å². The number of anilines is 2. The minimum Gasteiger partial charge on any atom is -0.351 e. The van der Waals surface area contributed by atoms with E-state index < -0.39 is 24.1 Å². The zero-order valence-corrected chi connectivity index (χ0v) is 10.1. The minimum absolute atomic E-state index is 0.186. The van der Waals surface area contributed by atoms with Crippen LogP contribution in [0.15, 0.2) is 24.3 Å². The molecule has 106 valence electrons. The second-order valence-electron chi connectivity index (χ2n) is 3.43. The van der Waals surface area contributed by atoms with Gasteiger partial charge in [0.05, 0.1) is 11.4 Å². The van der Waals surface area contributed by atoms with Crippen molar-refractivity contribution in [1.29, 1.82) is 0 Å². The van der Waals surface area contributed by atoms with Gasteiger partial charge in [-0.2, -0.15) is 0 Å². The highest BCUT2D eigenvalue weighted by atomic mass is 16.2. The number of hydrogen-bond acceptors (Lipinski definition) is 4. The maximum Gasteiger partial charge on any atom is 0.327 e. The van der Waals surface area contributed by atoms with Gasteiger partial charge in [-0.25, -0.2) is 19.2 Å². The van der Waals surface area contributed by atoms with Crippen LogP contribution in [-0.2, 0) is 0 Å². The third-order valence-electron chi connectivity index (χ3n) is 1.90. The van der Waals surface area contributed by atoms with Gasteiger partial charge in [-0.15, -0.1) is 0 Å². The molecule has 1 aromatic rings. The van der Waals surface area contributed by atoms with Crippen LogP contribution in [0.2, 0.25) is 0 Å². The number of imide groups is 2. The number of carbonyl (C=O) groups is 4. The Labute approximate surface area is 112 Å². The molecular weight excluding hydrogens is 268 g/mol. The second-order valence-corrected chi connectivity index (χ2v) is 3.43. The molecule has 8 N–H and O–H groups in total. The Morgan fingerprint density at radius 2 is 1.10 bits per heavy atom. The zero-order valence-electron chi connectivity index (χ0n) is 10.1. The van der Waals surface area contributed by atoms with Gasteiger partial charge in [0.25, 0.3) is 0 Å². The number of amides is 8. The summed E-state index contributed by atoms with van der Waals surface area (Å²) in [5.74, 6) is 0. The smallest absolute Gasteiger partial charge is 0.327 e. The van der Waals surface area contributed by atoms with Crippen LogP contribution < -0.4 is 32.7 Å². The highest BCUT2D eigenvalue weighted by Gasteiger charge is 2.10. The fraction of sp³-hybridized carbons (Fsp3) is 0. The van der Waals surface area contributed by atoms with Crippen molar-refractivity contribution in [1.82, 2.24) is 10.6 Å². The first-order valence-corrected chi connectivity index (χ1v) is 5.22. The largest absolute Gasteiger partial charge is 0.351 e. The third-order valence-corrected chi connectivity index (χ3v) is 1.90. The maximum absolute atomic E-state index is 11.3. The van der Waals surface area contributed by atoms with Gasteiger partial charge in [0, 0.05) is 0 Å². The molecule has 8 amide bonds. The lowest BCUT2D eigenvalue weighted by Gasteiger charge is -2.11. The number of carbonyl (C=O) groups excluding carboxylic acids is 4. The molecule has 0 aromatic heterocycles. The van der Waals surface area contributed by atoms with Crippen molar-refractivity contribution in [3.8, 4) is 0 Å². The molecule has 10 heteroatoms. The van der Waals surface area contributed by atoms with Gasteiger partial charge in [0.1, 0.15) is 0 Å². The Balaban J connectivity index is 2.77. The van der Waals surface area contributed by atoms with Gasteiger partial charge in [0.15, 0.2) is 0 Å². The summed E-state index contributed by atoms with van der Waals surface area (Å²) in [6.45, 7) is 0. The van der Waals surface area contributed by atoms with Crippen LogP contribution in [0, 0.1) is 0 Å². The molecule has 0 saturated heterocycles. The van der Waals surface area contributed by atoms with Crippen molar-refractivity contribution in [2.45, 2.75) is 0 Å². The van der Waals surface area contributed by atoms with Crippen molar-refractivity contribution in [3.63, 3.8) is 0 Å². The summed E-state index contributed by atoms with van der Waals surface area (Å²) in [6, 6.07) is 2.28. The lowest BCUT2D eigenvalue weighted by Crippen LogP contribution is -2.39. The third kappa shape index (κ3) is 4.91. The molecule has 0 radical (unpaired) electrons.